The summed E-state index contributed by atoms with van der Waals surface area (Å²) in [6.07, 6.45) is 9.18. The monoisotopic (exact) mass is 240 g/mol. The van der Waals surface area contributed by atoms with Gasteiger partial charge in [0.2, 0.25) is 0 Å². The molecule has 16 heavy (non-hydrogen) atoms. The molecule has 0 saturated heterocycles. The Bertz CT molecular complexity index is 236. The molecular formula is C14H28OSi. The van der Waals surface area contributed by atoms with Gasteiger partial charge in [-0.25, -0.2) is 0 Å². The highest BCUT2D eigenvalue weighted by atomic mass is 28.3. The lowest BCUT2D eigenvalue weighted by atomic mass is 10.1. The van der Waals surface area contributed by atoms with E-state index in [1.54, 1.807) is 12.1 Å². The Labute approximate surface area is 102 Å². The summed E-state index contributed by atoms with van der Waals surface area (Å²) in [6, 6.07) is 0. The standard InChI is InChI=1S/C14H28OSi/c1-6-7-8-11-14(16(3,4)5)12-9-10-13(2)15/h12H,6-11H2,1-5H3/b14-12-. The van der Waals surface area contributed by atoms with Gasteiger partial charge in [-0.1, -0.05) is 50.7 Å². The minimum absolute atomic E-state index is 0.305. The first-order valence-corrected chi connectivity index (χ1v) is 10.1. The fourth-order valence-electron chi connectivity index (χ4n) is 1.80. The Morgan fingerprint density at radius 1 is 1.12 bits per heavy atom. The topological polar surface area (TPSA) is 17.1 Å². The Hall–Kier alpha value is -0.373. The van der Waals surface area contributed by atoms with Crippen molar-refractivity contribution in [2.45, 2.75) is 72.0 Å². The zero-order valence-electron chi connectivity index (χ0n) is 11.7. The van der Waals surface area contributed by atoms with Gasteiger partial charge < -0.3 is 4.79 Å². The van der Waals surface area contributed by atoms with Crippen LogP contribution in [0.4, 0.5) is 0 Å². The van der Waals surface area contributed by atoms with Crippen LogP contribution in [-0.2, 0) is 4.79 Å². The van der Waals surface area contributed by atoms with E-state index in [2.05, 4.69) is 32.6 Å². The molecule has 0 aliphatic carbocycles. The van der Waals surface area contributed by atoms with E-state index < -0.39 is 8.07 Å². The van der Waals surface area contributed by atoms with Crippen LogP contribution in [0.5, 0.6) is 0 Å². The highest BCUT2D eigenvalue weighted by molar-refractivity contribution is 6.83. The van der Waals surface area contributed by atoms with Crippen LogP contribution >= 0.6 is 0 Å². The number of carbonyl (C=O) groups is 1. The van der Waals surface area contributed by atoms with E-state index in [-0.39, 0.29) is 0 Å². The molecule has 0 aliphatic heterocycles. The van der Waals surface area contributed by atoms with Gasteiger partial charge in [0.15, 0.2) is 0 Å². The second kappa shape index (κ2) is 7.83. The predicted octanol–water partition coefficient (Wildman–Crippen LogP) is 4.74. The number of hydrogen-bond donors (Lipinski definition) is 0. The van der Waals surface area contributed by atoms with Crippen molar-refractivity contribution >= 4 is 13.9 Å². The molecule has 0 aliphatic rings. The Morgan fingerprint density at radius 2 is 1.75 bits per heavy atom. The van der Waals surface area contributed by atoms with E-state index in [1.807, 2.05) is 0 Å². The fraction of sp³-hybridized carbons (Fsp3) is 0.786. The lowest BCUT2D eigenvalue weighted by Gasteiger charge is -2.21. The van der Waals surface area contributed by atoms with Crippen LogP contribution < -0.4 is 0 Å². The zero-order valence-corrected chi connectivity index (χ0v) is 12.7. The maximum atomic E-state index is 10.9. The Balaban J connectivity index is 4.25. The number of ketones is 1. The number of rotatable bonds is 8. The Morgan fingerprint density at radius 3 is 2.19 bits per heavy atom. The molecule has 0 spiro atoms. The maximum Gasteiger partial charge on any atom is 0.130 e. The van der Waals surface area contributed by atoms with E-state index in [4.69, 9.17) is 0 Å². The van der Waals surface area contributed by atoms with Crippen molar-refractivity contribution in [3.63, 3.8) is 0 Å². The molecule has 0 saturated carbocycles. The average Bonchev–Trinajstić information content (AvgIpc) is 2.13. The zero-order chi connectivity index (χ0) is 12.6. The van der Waals surface area contributed by atoms with Crippen LogP contribution in [0.15, 0.2) is 11.3 Å². The van der Waals surface area contributed by atoms with Crippen molar-refractivity contribution in [2.24, 2.45) is 0 Å². The normalized spacial score (nSPS) is 12.9. The van der Waals surface area contributed by atoms with Gasteiger partial charge in [0.1, 0.15) is 5.78 Å². The van der Waals surface area contributed by atoms with Gasteiger partial charge in [0.05, 0.1) is 8.07 Å². The molecule has 0 atom stereocenters. The van der Waals surface area contributed by atoms with Gasteiger partial charge in [-0.05, 0) is 26.2 Å². The number of Topliss-reactive ketones (excluding diaryl/α,β-unsaturated/α-hetero) is 1. The first-order chi connectivity index (χ1) is 7.38. The molecule has 0 fully saturated rings. The van der Waals surface area contributed by atoms with Crippen LogP contribution in [0.1, 0.15) is 52.4 Å². The summed E-state index contributed by atoms with van der Waals surface area (Å²) in [5.41, 5.74) is 0. The van der Waals surface area contributed by atoms with Gasteiger partial charge >= 0.3 is 0 Å². The highest BCUT2D eigenvalue weighted by Gasteiger charge is 2.18. The minimum atomic E-state index is -1.16. The summed E-state index contributed by atoms with van der Waals surface area (Å²) in [5.74, 6) is 0.305. The van der Waals surface area contributed by atoms with Gasteiger partial charge in [-0.2, -0.15) is 0 Å². The van der Waals surface area contributed by atoms with Crippen LogP contribution in [0.2, 0.25) is 19.6 Å². The SMILES string of the molecule is CCCCC/C(=C/CCC(C)=O)[Si](C)(C)C. The molecule has 0 rings (SSSR count). The smallest absolute Gasteiger partial charge is 0.130 e. The third-order valence-corrected chi connectivity index (χ3v) is 5.28. The average molecular weight is 240 g/mol. The summed E-state index contributed by atoms with van der Waals surface area (Å²) < 4.78 is 0. The molecule has 1 nitrogen and oxygen atoms in total. The number of hydrogen-bond acceptors (Lipinski definition) is 1. The van der Waals surface area contributed by atoms with E-state index in [0.717, 1.165) is 6.42 Å². The van der Waals surface area contributed by atoms with Crippen molar-refractivity contribution in [1.82, 2.24) is 0 Å². The van der Waals surface area contributed by atoms with Crippen molar-refractivity contribution in [3.05, 3.63) is 11.3 Å². The molecule has 0 aromatic heterocycles. The third-order valence-electron chi connectivity index (χ3n) is 2.90. The molecule has 94 valence electrons. The fourth-order valence-corrected chi connectivity index (χ4v) is 3.48. The summed E-state index contributed by atoms with van der Waals surface area (Å²) in [6.45, 7) is 11.1. The first-order valence-electron chi connectivity index (χ1n) is 6.57. The van der Waals surface area contributed by atoms with Crippen molar-refractivity contribution in [2.75, 3.05) is 0 Å². The second-order valence-electron chi connectivity index (χ2n) is 5.68. The molecule has 0 amide bonds. The molecular weight excluding hydrogens is 212 g/mol. The molecule has 0 aromatic rings. The minimum Gasteiger partial charge on any atom is -0.300 e. The molecule has 0 heterocycles. The van der Waals surface area contributed by atoms with Crippen LogP contribution in [0.25, 0.3) is 0 Å². The summed E-state index contributed by atoms with van der Waals surface area (Å²) >= 11 is 0. The van der Waals surface area contributed by atoms with E-state index in [1.165, 1.54) is 25.7 Å². The van der Waals surface area contributed by atoms with Gasteiger partial charge in [0, 0.05) is 6.42 Å². The van der Waals surface area contributed by atoms with Gasteiger partial charge in [-0.3, -0.25) is 0 Å². The second-order valence-corrected chi connectivity index (χ2v) is 10.8. The summed E-state index contributed by atoms with van der Waals surface area (Å²) in [5, 5.41) is 1.65. The van der Waals surface area contributed by atoms with E-state index >= 15 is 0 Å². The number of unbranched alkanes of at least 4 members (excludes halogenated alkanes) is 2. The highest BCUT2D eigenvalue weighted by Crippen LogP contribution is 2.21. The van der Waals surface area contributed by atoms with Crippen molar-refractivity contribution in [1.29, 1.82) is 0 Å². The molecule has 0 bridgehead atoms. The summed E-state index contributed by atoms with van der Waals surface area (Å²) in [7, 11) is -1.16. The largest absolute Gasteiger partial charge is 0.300 e. The summed E-state index contributed by atoms with van der Waals surface area (Å²) in [4.78, 5) is 10.9. The maximum absolute atomic E-state index is 10.9. The molecule has 0 radical (unpaired) electrons. The van der Waals surface area contributed by atoms with E-state index in [9.17, 15) is 4.79 Å². The van der Waals surface area contributed by atoms with Crippen LogP contribution in [0.3, 0.4) is 0 Å². The lowest BCUT2D eigenvalue weighted by Crippen LogP contribution is -2.24. The lowest BCUT2D eigenvalue weighted by molar-refractivity contribution is -0.116. The molecule has 0 aromatic carbocycles. The van der Waals surface area contributed by atoms with Crippen molar-refractivity contribution in [3.8, 4) is 0 Å². The van der Waals surface area contributed by atoms with Crippen LogP contribution in [-0.4, -0.2) is 13.9 Å². The van der Waals surface area contributed by atoms with Gasteiger partial charge in [0.25, 0.3) is 0 Å². The molecule has 0 unspecified atom stereocenters. The number of allylic oxidation sites excluding steroid dienone is 2. The molecule has 2 heteroatoms. The predicted molar refractivity (Wildman–Crippen MR) is 75.5 cm³/mol. The third kappa shape index (κ3) is 7.86. The Kier molecular flexibility index (Phi) is 7.65. The number of carbonyl (C=O) groups excluding carboxylic acids is 1. The van der Waals surface area contributed by atoms with E-state index in [0.29, 0.717) is 12.2 Å². The quantitative estimate of drug-likeness (QED) is 0.442. The van der Waals surface area contributed by atoms with Gasteiger partial charge in [-0.15, -0.1) is 0 Å². The molecule has 0 N–H and O–H groups in total. The first kappa shape index (κ1) is 15.6. The van der Waals surface area contributed by atoms with Crippen LogP contribution in [0, 0.1) is 0 Å². The van der Waals surface area contributed by atoms with Crippen molar-refractivity contribution < 1.29 is 4.79 Å².